The van der Waals surface area contributed by atoms with Gasteiger partial charge in [-0.1, -0.05) is 75.9 Å². The average molecular weight is 367 g/mol. The maximum Gasteiger partial charge on any atom is 0.170 e. The maximum atomic E-state index is 12.1. The predicted octanol–water partition coefficient (Wildman–Crippen LogP) is 6.25. The van der Waals surface area contributed by atoms with Crippen LogP contribution in [-0.2, 0) is 4.79 Å². The summed E-state index contributed by atoms with van der Waals surface area (Å²) in [6.07, 6.45) is 6.54. The number of benzene rings is 2. The van der Waals surface area contributed by atoms with Crippen LogP contribution in [0.15, 0.2) is 48.5 Å². The van der Waals surface area contributed by atoms with Gasteiger partial charge in [0.15, 0.2) is 5.78 Å². The van der Waals surface area contributed by atoms with Crippen LogP contribution in [0.1, 0.15) is 69.2 Å². The van der Waals surface area contributed by atoms with Gasteiger partial charge in [-0.3, -0.25) is 9.59 Å². The third-order valence-corrected chi connectivity index (χ3v) is 4.66. The zero-order chi connectivity index (χ0) is 19.5. The van der Waals surface area contributed by atoms with Gasteiger partial charge in [-0.05, 0) is 29.7 Å². The van der Waals surface area contributed by atoms with Gasteiger partial charge < -0.3 is 4.74 Å². The summed E-state index contributed by atoms with van der Waals surface area (Å²) in [6.45, 7) is 4.76. The molecule has 0 aliphatic rings. The third-order valence-electron chi connectivity index (χ3n) is 4.66. The molecule has 0 aliphatic heterocycles. The zero-order valence-electron chi connectivity index (χ0n) is 16.5. The number of hydrogen-bond donors (Lipinski definition) is 0. The van der Waals surface area contributed by atoms with Crippen molar-refractivity contribution in [1.29, 1.82) is 0 Å². The van der Waals surface area contributed by atoms with E-state index in [0.29, 0.717) is 12.0 Å². The molecule has 144 valence electrons. The minimum atomic E-state index is -0.115. The van der Waals surface area contributed by atoms with Gasteiger partial charge in [0.1, 0.15) is 11.5 Å². The first-order valence-corrected chi connectivity index (χ1v) is 10.0. The Morgan fingerprint density at radius 3 is 1.96 bits per heavy atom. The molecule has 0 saturated carbocycles. The molecule has 0 fully saturated rings. The smallest absolute Gasteiger partial charge is 0.170 e. The van der Waals surface area contributed by atoms with E-state index in [1.807, 2.05) is 36.4 Å². The van der Waals surface area contributed by atoms with Crippen molar-refractivity contribution in [3.8, 4) is 16.9 Å². The van der Waals surface area contributed by atoms with Crippen LogP contribution in [0, 0.1) is 0 Å². The second-order valence-corrected chi connectivity index (χ2v) is 6.86. The zero-order valence-corrected chi connectivity index (χ0v) is 16.5. The molecule has 3 heteroatoms. The van der Waals surface area contributed by atoms with Crippen LogP contribution in [0.5, 0.6) is 5.75 Å². The second-order valence-electron chi connectivity index (χ2n) is 6.86. The highest BCUT2D eigenvalue weighted by atomic mass is 16.5. The van der Waals surface area contributed by atoms with E-state index in [-0.39, 0.29) is 18.0 Å². The summed E-state index contributed by atoms with van der Waals surface area (Å²) in [5.74, 6) is 0.750. The van der Waals surface area contributed by atoms with Crippen LogP contribution in [0.2, 0.25) is 0 Å². The van der Waals surface area contributed by atoms with Gasteiger partial charge in [-0.15, -0.1) is 0 Å². The molecule has 0 bridgehead atoms. The van der Waals surface area contributed by atoms with E-state index in [0.717, 1.165) is 29.9 Å². The van der Waals surface area contributed by atoms with E-state index in [9.17, 15) is 9.59 Å². The molecule has 2 rings (SSSR count). The Morgan fingerprint density at radius 2 is 1.37 bits per heavy atom. The van der Waals surface area contributed by atoms with Crippen LogP contribution in [-0.4, -0.2) is 18.2 Å². The molecule has 0 spiro atoms. The van der Waals surface area contributed by atoms with Gasteiger partial charge in [0.05, 0.1) is 13.0 Å². The van der Waals surface area contributed by atoms with Crippen molar-refractivity contribution in [3.63, 3.8) is 0 Å². The summed E-state index contributed by atoms with van der Waals surface area (Å²) in [6, 6.07) is 15.5. The van der Waals surface area contributed by atoms with E-state index >= 15 is 0 Å². The monoisotopic (exact) mass is 366 g/mol. The van der Waals surface area contributed by atoms with Crippen molar-refractivity contribution < 1.29 is 14.3 Å². The Kier molecular flexibility index (Phi) is 8.76. The molecule has 0 amide bonds. The molecule has 0 heterocycles. The minimum absolute atomic E-state index is 0.0136. The number of ether oxygens (including phenoxy) is 1. The lowest BCUT2D eigenvalue weighted by Crippen LogP contribution is -2.06. The molecule has 0 aliphatic carbocycles. The third kappa shape index (κ3) is 7.01. The van der Waals surface area contributed by atoms with Crippen molar-refractivity contribution in [2.75, 3.05) is 6.61 Å². The number of carbonyl (C=O) groups excluding carboxylic acids is 2. The minimum Gasteiger partial charge on any atom is -0.494 e. The van der Waals surface area contributed by atoms with Crippen molar-refractivity contribution in [2.45, 2.75) is 58.8 Å². The normalized spacial score (nSPS) is 10.6. The van der Waals surface area contributed by atoms with Crippen molar-refractivity contribution in [1.82, 2.24) is 0 Å². The fourth-order valence-electron chi connectivity index (χ4n) is 2.89. The Bertz CT molecular complexity index is 714. The number of unbranched alkanes of at least 4 members (excludes halogenated alkanes) is 4. The SMILES string of the molecule is CCCCCCCOc1ccc(-c2ccc(C(=O)CC(=O)CC)cc2)cc1. The molecule has 27 heavy (non-hydrogen) atoms. The van der Waals surface area contributed by atoms with Crippen LogP contribution in [0.4, 0.5) is 0 Å². The topological polar surface area (TPSA) is 43.4 Å². The van der Waals surface area contributed by atoms with Gasteiger partial charge in [0.25, 0.3) is 0 Å². The summed E-state index contributed by atoms with van der Waals surface area (Å²) in [5, 5.41) is 0. The fourth-order valence-corrected chi connectivity index (χ4v) is 2.89. The van der Waals surface area contributed by atoms with Gasteiger partial charge in [0, 0.05) is 12.0 Å². The summed E-state index contributed by atoms with van der Waals surface area (Å²) < 4.78 is 5.80. The highest BCUT2D eigenvalue weighted by Gasteiger charge is 2.10. The molecule has 2 aromatic rings. The van der Waals surface area contributed by atoms with Crippen LogP contribution >= 0.6 is 0 Å². The van der Waals surface area contributed by atoms with Gasteiger partial charge in [-0.2, -0.15) is 0 Å². The van der Waals surface area contributed by atoms with E-state index in [1.54, 1.807) is 19.1 Å². The van der Waals surface area contributed by atoms with E-state index in [4.69, 9.17) is 4.74 Å². The van der Waals surface area contributed by atoms with Crippen LogP contribution in [0.3, 0.4) is 0 Å². The lowest BCUT2D eigenvalue weighted by Gasteiger charge is -2.08. The lowest BCUT2D eigenvalue weighted by atomic mass is 10.0. The van der Waals surface area contributed by atoms with Gasteiger partial charge in [0.2, 0.25) is 0 Å². The summed E-state index contributed by atoms with van der Waals surface area (Å²) in [5.41, 5.74) is 2.71. The highest BCUT2D eigenvalue weighted by Crippen LogP contribution is 2.23. The molecule has 2 aromatic carbocycles. The second kappa shape index (κ2) is 11.3. The van der Waals surface area contributed by atoms with Crippen molar-refractivity contribution in [3.05, 3.63) is 54.1 Å². The molecule has 0 atom stereocenters. The first kappa shape index (κ1) is 20.9. The first-order chi connectivity index (χ1) is 13.1. The Hall–Kier alpha value is -2.42. The molecule has 0 radical (unpaired) electrons. The Labute approximate surface area is 162 Å². The average Bonchev–Trinajstić information content (AvgIpc) is 2.71. The number of hydrogen-bond acceptors (Lipinski definition) is 3. The number of carbonyl (C=O) groups is 2. The Balaban J connectivity index is 1.87. The van der Waals surface area contributed by atoms with Crippen molar-refractivity contribution >= 4 is 11.6 Å². The quantitative estimate of drug-likeness (QED) is 0.253. The lowest BCUT2D eigenvalue weighted by molar-refractivity contribution is -0.117. The molecule has 0 N–H and O–H groups in total. The summed E-state index contributed by atoms with van der Waals surface area (Å²) in [7, 11) is 0. The first-order valence-electron chi connectivity index (χ1n) is 10.0. The standard InChI is InChI=1S/C24H30O3/c1-3-5-6-7-8-17-27-23-15-13-20(14-16-23)19-9-11-21(12-10-19)24(26)18-22(25)4-2/h9-16H,3-8,17-18H2,1-2H3. The maximum absolute atomic E-state index is 12.1. The van der Waals surface area contributed by atoms with E-state index in [2.05, 4.69) is 6.92 Å². The Morgan fingerprint density at radius 1 is 0.778 bits per heavy atom. The predicted molar refractivity (Wildman–Crippen MR) is 110 cm³/mol. The van der Waals surface area contributed by atoms with Gasteiger partial charge in [-0.25, -0.2) is 0 Å². The molecular weight excluding hydrogens is 336 g/mol. The summed E-state index contributed by atoms with van der Waals surface area (Å²) in [4.78, 5) is 23.5. The van der Waals surface area contributed by atoms with Crippen LogP contribution < -0.4 is 4.74 Å². The fraction of sp³-hybridized carbons (Fsp3) is 0.417. The molecule has 0 aromatic heterocycles. The van der Waals surface area contributed by atoms with E-state index < -0.39 is 0 Å². The molecular formula is C24H30O3. The molecule has 3 nitrogen and oxygen atoms in total. The van der Waals surface area contributed by atoms with Crippen molar-refractivity contribution in [2.24, 2.45) is 0 Å². The highest BCUT2D eigenvalue weighted by molar-refractivity contribution is 6.08. The largest absolute Gasteiger partial charge is 0.494 e. The summed E-state index contributed by atoms with van der Waals surface area (Å²) >= 11 is 0. The number of ketones is 2. The molecule has 0 saturated heterocycles. The van der Waals surface area contributed by atoms with Gasteiger partial charge >= 0.3 is 0 Å². The van der Waals surface area contributed by atoms with Crippen LogP contribution in [0.25, 0.3) is 11.1 Å². The molecule has 0 unspecified atom stereocenters. The van der Waals surface area contributed by atoms with E-state index in [1.165, 1.54) is 25.7 Å². The number of Topliss-reactive ketones (excluding diaryl/α,β-unsaturated/α-hetero) is 2. The number of rotatable bonds is 12.